The van der Waals surface area contributed by atoms with Gasteiger partial charge in [0.1, 0.15) is 5.60 Å². The Labute approximate surface area is 85.4 Å². The first-order chi connectivity index (χ1) is 6.49. The summed E-state index contributed by atoms with van der Waals surface area (Å²) >= 11 is 0. The van der Waals surface area contributed by atoms with Gasteiger partial charge in [0.25, 0.3) is 0 Å². The Morgan fingerprint density at radius 2 is 2.07 bits per heavy atom. The van der Waals surface area contributed by atoms with Crippen LogP contribution in [0.2, 0.25) is 0 Å². The second kappa shape index (κ2) is 4.36. The van der Waals surface area contributed by atoms with Crippen LogP contribution < -0.4 is 0 Å². The summed E-state index contributed by atoms with van der Waals surface area (Å²) in [6, 6.07) is 0. The van der Waals surface area contributed by atoms with E-state index in [-0.39, 0.29) is 6.09 Å². The molecule has 78 valence electrons. The number of carbonyl (C=O) groups excluding carboxylic acids is 1. The maximum atomic E-state index is 11.6. The van der Waals surface area contributed by atoms with Crippen LogP contribution in [-0.2, 0) is 4.74 Å². The van der Waals surface area contributed by atoms with Crippen molar-refractivity contribution in [1.29, 1.82) is 0 Å². The smallest absolute Gasteiger partial charge is 0.411 e. The summed E-state index contributed by atoms with van der Waals surface area (Å²) in [4.78, 5) is 13.3. The van der Waals surface area contributed by atoms with Crippen LogP contribution in [0.5, 0.6) is 0 Å². The molecule has 0 spiro atoms. The molecule has 1 aliphatic rings. The summed E-state index contributed by atoms with van der Waals surface area (Å²) in [6.07, 6.45) is 1.56. The zero-order valence-electron chi connectivity index (χ0n) is 9.09. The Bertz CT molecular complexity index is 267. The molecule has 1 amide bonds. The van der Waals surface area contributed by atoms with E-state index in [9.17, 15) is 4.79 Å². The lowest BCUT2D eigenvalue weighted by Crippen LogP contribution is -2.37. The van der Waals surface area contributed by atoms with Crippen LogP contribution in [0.1, 0.15) is 33.6 Å². The Morgan fingerprint density at radius 1 is 1.36 bits per heavy atom. The average Bonchev–Trinajstić information content (AvgIpc) is 2.27. The first-order valence-electron chi connectivity index (χ1n) is 4.93. The highest BCUT2D eigenvalue weighted by Crippen LogP contribution is 2.10. The van der Waals surface area contributed by atoms with Crippen molar-refractivity contribution in [3.05, 3.63) is 0 Å². The van der Waals surface area contributed by atoms with Gasteiger partial charge in [-0.1, -0.05) is 5.92 Å². The molecule has 0 unspecified atom stereocenters. The van der Waals surface area contributed by atoms with Crippen LogP contribution in [0.15, 0.2) is 0 Å². The van der Waals surface area contributed by atoms with Gasteiger partial charge in [-0.3, -0.25) is 4.90 Å². The van der Waals surface area contributed by atoms with Gasteiger partial charge in [-0.2, -0.15) is 0 Å². The van der Waals surface area contributed by atoms with Crippen LogP contribution in [-0.4, -0.2) is 29.7 Å². The molecular weight excluding hydrogens is 178 g/mol. The van der Waals surface area contributed by atoms with Gasteiger partial charge in [0.2, 0.25) is 0 Å². The van der Waals surface area contributed by atoms with Crippen molar-refractivity contribution in [3.8, 4) is 11.8 Å². The quantitative estimate of drug-likeness (QED) is 0.553. The summed E-state index contributed by atoms with van der Waals surface area (Å²) in [6.45, 7) is 6.83. The van der Waals surface area contributed by atoms with E-state index in [4.69, 9.17) is 4.74 Å². The number of nitrogens with zero attached hydrogens (tertiary/aromatic N) is 1. The van der Waals surface area contributed by atoms with E-state index in [1.54, 1.807) is 4.90 Å². The molecule has 0 N–H and O–H groups in total. The van der Waals surface area contributed by atoms with Crippen LogP contribution in [0.4, 0.5) is 4.79 Å². The molecule has 0 saturated heterocycles. The Kier molecular flexibility index (Phi) is 3.40. The van der Waals surface area contributed by atoms with Crippen molar-refractivity contribution in [2.24, 2.45) is 0 Å². The molecule has 0 aromatic rings. The fourth-order valence-corrected chi connectivity index (χ4v) is 1.16. The van der Waals surface area contributed by atoms with E-state index in [1.807, 2.05) is 20.8 Å². The topological polar surface area (TPSA) is 29.5 Å². The predicted octanol–water partition coefficient (Wildman–Crippen LogP) is 2.02. The monoisotopic (exact) mass is 195 g/mol. The first kappa shape index (κ1) is 10.9. The van der Waals surface area contributed by atoms with Crippen molar-refractivity contribution in [1.82, 2.24) is 4.90 Å². The minimum absolute atomic E-state index is 0.256. The summed E-state index contributed by atoms with van der Waals surface area (Å²) in [5, 5.41) is 0. The van der Waals surface area contributed by atoms with Crippen LogP contribution >= 0.6 is 0 Å². The van der Waals surface area contributed by atoms with E-state index in [0.29, 0.717) is 6.54 Å². The molecule has 0 saturated carbocycles. The van der Waals surface area contributed by atoms with E-state index < -0.39 is 5.60 Å². The van der Waals surface area contributed by atoms with Gasteiger partial charge in [-0.05, 0) is 27.2 Å². The molecule has 0 aliphatic carbocycles. The first-order valence-corrected chi connectivity index (χ1v) is 4.93. The zero-order valence-corrected chi connectivity index (χ0v) is 9.09. The largest absolute Gasteiger partial charge is 0.444 e. The molecule has 0 bridgehead atoms. The molecule has 1 aliphatic heterocycles. The number of ether oxygens (including phenoxy) is 1. The van der Waals surface area contributed by atoms with Crippen molar-refractivity contribution in [2.75, 3.05) is 13.1 Å². The van der Waals surface area contributed by atoms with E-state index in [2.05, 4.69) is 11.8 Å². The minimum atomic E-state index is -0.420. The van der Waals surface area contributed by atoms with Crippen molar-refractivity contribution >= 4 is 6.09 Å². The summed E-state index contributed by atoms with van der Waals surface area (Å²) < 4.78 is 5.25. The Morgan fingerprint density at radius 3 is 2.71 bits per heavy atom. The van der Waals surface area contributed by atoms with Crippen molar-refractivity contribution in [3.63, 3.8) is 0 Å². The van der Waals surface area contributed by atoms with Gasteiger partial charge in [-0.25, -0.2) is 4.79 Å². The number of carbonyl (C=O) groups is 1. The van der Waals surface area contributed by atoms with Gasteiger partial charge < -0.3 is 4.74 Å². The lowest BCUT2D eigenvalue weighted by molar-refractivity contribution is 0.0276. The number of hydrogen-bond acceptors (Lipinski definition) is 2. The molecule has 14 heavy (non-hydrogen) atoms. The third-order valence-corrected chi connectivity index (χ3v) is 1.78. The van der Waals surface area contributed by atoms with Crippen LogP contribution in [0.3, 0.4) is 0 Å². The standard InChI is InChI=1S/C11H17NO2/c1-11(2,3)14-10(13)12-8-6-4-5-7-9-12/h4,6,8-9H2,1-3H3. The van der Waals surface area contributed by atoms with Gasteiger partial charge in [-0.15, -0.1) is 5.92 Å². The molecular formula is C11H17NO2. The van der Waals surface area contributed by atoms with Gasteiger partial charge >= 0.3 is 6.09 Å². The summed E-state index contributed by atoms with van der Waals surface area (Å²) in [5.41, 5.74) is -0.420. The van der Waals surface area contributed by atoms with Crippen LogP contribution in [0.25, 0.3) is 0 Å². The molecule has 1 heterocycles. The minimum Gasteiger partial charge on any atom is -0.444 e. The normalized spacial score (nSPS) is 16.6. The van der Waals surface area contributed by atoms with E-state index >= 15 is 0 Å². The Balaban J connectivity index is 2.49. The van der Waals surface area contributed by atoms with Gasteiger partial charge in [0, 0.05) is 13.0 Å². The molecule has 3 nitrogen and oxygen atoms in total. The molecule has 0 aromatic heterocycles. The SMILES string of the molecule is CC(C)(C)OC(=O)N1CC#CCCC1. The third kappa shape index (κ3) is 3.69. The average molecular weight is 195 g/mol. The molecule has 0 radical (unpaired) electrons. The third-order valence-electron chi connectivity index (χ3n) is 1.78. The maximum absolute atomic E-state index is 11.6. The highest BCUT2D eigenvalue weighted by molar-refractivity contribution is 5.68. The fourth-order valence-electron chi connectivity index (χ4n) is 1.16. The fraction of sp³-hybridized carbons (Fsp3) is 0.727. The van der Waals surface area contributed by atoms with Crippen LogP contribution in [0, 0.1) is 11.8 Å². The number of rotatable bonds is 0. The van der Waals surface area contributed by atoms with Crippen molar-refractivity contribution in [2.45, 2.75) is 39.2 Å². The summed E-state index contributed by atoms with van der Waals surface area (Å²) in [5.74, 6) is 5.93. The molecule has 0 fully saturated rings. The van der Waals surface area contributed by atoms with E-state index in [1.165, 1.54) is 0 Å². The second-order valence-corrected chi connectivity index (χ2v) is 4.36. The second-order valence-electron chi connectivity index (χ2n) is 4.36. The number of hydrogen-bond donors (Lipinski definition) is 0. The predicted molar refractivity (Wildman–Crippen MR) is 54.8 cm³/mol. The lowest BCUT2D eigenvalue weighted by Gasteiger charge is -2.25. The van der Waals surface area contributed by atoms with Crippen molar-refractivity contribution < 1.29 is 9.53 Å². The molecule has 0 aromatic carbocycles. The highest BCUT2D eigenvalue weighted by atomic mass is 16.6. The molecule has 1 rings (SSSR count). The maximum Gasteiger partial charge on any atom is 0.411 e. The lowest BCUT2D eigenvalue weighted by atomic mass is 10.2. The molecule has 3 heteroatoms. The van der Waals surface area contributed by atoms with Gasteiger partial charge in [0.15, 0.2) is 0 Å². The van der Waals surface area contributed by atoms with Gasteiger partial charge in [0.05, 0.1) is 6.54 Å². The number of amides is 1. The highest BCUT2D eigenvalue weighted by Gasteiger charge is 2.21. The van der Waals surface area contributed by atoms with E-state index in [0.717, 1.165) is 19.4 Å². The zero-order chi connectivity index (χ0) is 10.6. The Hall–Kier alpha value is -1.17. The summed E-state index contributed by atoms with van der Waals surface area (Å²) in [7, 11) is 0. The molecule has 0 atom stereocenters.